The smallest absolute Gasteiger partial charge is 0.277 e. The minimum Gasteiger partial charge on any atom is -0.349 e. The van der Waals surface area contributed by atoms with E-state index in [1.165, 1.54) is 23.0 Å². The molecule has 170 valence electrons. The molecule has 1 saturated heterocycles. The maximum Gasteiger partial charge on any atom is 0.277 e. The average molecular weight is 467 g/mol. The van der Waals surface area contributed by atoms with Crippen LogP contribution in [0, 0.1) is 11.7 Å². The van der Waals surface area contributed by atoms with Crippen LogP contribution in [0.2, 0.25) is 5.02 Å². The summed E-state index contributed by atoms with van der Waals surface area (Å²) in [5.41, 5.74) is 2.74. The zero-order valence-electron chi connectivity index (χ0n) is 18.1. The van der Waals surface area contributed by atoms with Crippen LogP contribution < -0.4 is 5.56 Å². The molecule has 1 fully saturated rings. The van der Waals surface area contributed by atoms with Gasteiger partial charge >= 0.3 is 0 Å². The molecule has 2 aromatic carbocycles. The molecule has 5 rings (SSSR count). The Kier molecular flexibility index (Phi) is 5.89. The van der Waals surface area contributed by atoms with Crippen LogP contribution in [-0.2, 0) is 17.8 Å². The molecule has 4 aromatic rings. The minimum atomic E-state index is -0.221. The number of H-pyrrole nitrogens is 1. The predicted molar refractivity (Wildman–Crippen MR) is 127 cm³/mol. The molecule has 0 unspecified atom stereocenters. The van der Waals surface area contributed by atoms with Crippen molar-refractivity contribution in [2.24, 2.45) is 5.92 Å². The van der Waals surface area contributed by atoms with Crippen molar-refractivity contribution in [3.05, 3.63) is 75.5 Å². The lowest BCUT2D eigenvalue weighted by Gasteiger charge is -2.32. The van der Waals surface area contributed by atoms with Crippen molar-refractivity contribution in [1.29, 1.82) is 0 Å². The van der Waals surface area contributed by atoms with E-state index in [0.29, 0.717) is 35.1 Å². The third kappa shape index (κ3) is 4.50. The van der Waals surface area contributed by atoms with Crippen LogP contribution in [0.3, 0.4) is 0 Å². The molecule has 2 aromatic heterocycles. The summed E-state index contributed by atoms with van der Waals surface area (Å²) >= 11 is 6.08. The molecule has 6 nitrogen and oxygen atoms in total. The van der Waals surface area contributed by atoms with Gasteiger partial charge in [-0.1, -0.05) is 23.7 Å². The number of carbonyl (C=O) groups excluding carboxylic acids is 1. The van der Waals surface area contributed by atoms with Gasteiger partial charge in [0.05, 0.1) is 6.33 Å². The van der Waals surface area contributed by atoms with E-state index in [-0.39, 0.29) is 30.2 Å². The first-order chi connectivity index (χ1) is 16.0. The number of likely N-dealkylation sites (tertiary alicyclic amines) is 1. The van der Waals surface area contributed by atoms with Crippen LogP contribution in [-0.4, -0.2) is 38.4 Å². The molecule has 8 heteroatoms. The van der Waals surface area contributed by atoms with E-state index in [1.807, 2.05) is 23.1 Å². The Hall–Kier alpha value is -3.19. The Morgan fingerprint density at radius 1 is 1.15 bits per heavy atom. The summed E-state index contributed by atoms with van der Waals surface area (Å²) in [5, 5.41) is 1.39. The van der Waals surface area contributed by atoms with Crippen LogP contribution in [0.15, 0.2) is 53.6 Å². The monoisotopic (exact) mass is 466 g/mol. The molecular formula is C25H24ClFN4O2. The van der Waals surface area contributed by atoms with E-state index < -0.39 is 0 Å². The van der Waals surface area contributed by atoms with E-state index in [4.69, 9.17) is 11.6 Å². The predicted octanol–water partition coefficient (Wildman–Crippen LogP) is 4.54. The second-order valence-electron chi connectivity index (χ2n) is 8.69. The zero-order chi connectivity index (χ0) is 22.9. The van der Waals surface area contributed by atoms with Crippen LogP contribution in [0.4, 0.5) is 4.39 Å². The van der Waals surface area contributed by atoms with E-state index in [2.05, 4.69) is 9.97 Å². The number of hydrogen-bond donors (Lipinski definition) is 1. The van der Waals surface area contributed by atoms with Crippen molar-refractivity contribution in [3.63, 3.8) is 0 Å². The summed E-state index contributed by atoms with van der Waals surface area (Å²) in [5.74, 6) is 0.316. The SMILES string of the molecule is O=C(CCn1cnc2c([nH]c3ccc(Cl)cc32)c1=O)N1CCC(Cc2ccc(F)cc2)CC1. The molecule has 0 atom stereocenters. The summed E-state index contributed by atoms with van der Waals surface area (Å²) in [6.45, 7) is 1.70. The molecular weight excluding hydrogens is 443 g/mol. The Morgan fingerprint density at radius 2 is 1.91 bits per heavy atom. The Balaban J connectivity index is 1.20. The lowest BCUT2D eigenvalue weighted by Crippen LogP contribution is -2.39. The molecule has 1 aliphatic heterocycles. The third-order valence-electron chi connectivity index (χ3n) is 6.51. The molecule has 1 amide bonds. The molecule has 1 aliphatic rings. The highest BCUT2D eigenvalue weighted by Gasteiger charge is 2.23. The standard InChI is InChI=1S/C25H24ClFN4O2/c26-18-3-6-21-20(14-18)23-24(29-21)25(33)31(15-28-23)12-9-22(32)30-10-7-17(8-11-30)13-16-1-4-19(27)5-2-16/h1-6,14-15,17,29H,7-13H2. The minimum absolute atomic E-state index is 0.0469. The molecule has 0 spiro atoms. The first-order valence-corrected chi connectivity index (χ1v) is 11.5. The topological polar surface area (TPSA) is 71.0 Å². The number of piperidine rings is 1. The summed E-state index contributed by atoms with van der Waals surface area (Å²) in [6.07, 6.45) is 4.50. The highest BCUT2D eigenvalue weighted by molar-refractivity contribution is 6.31. The van der Waals surface area contributed by atoms with Crippen LogP contribution in [0.1, 0.15) is 24.8 Å². The molecule has 0 aliphatic carbocycles. The molecule has 0 saturated carbocycles. The number of nitrogens with zero attached hydrogens (tertiary/aromatic N) is 3. The normalized spacial score (nSPS) is 14.9. The van der Waals surface area contributed by atoms with E-state index in [0.717, 1.165) is 35.7 Å². The summed E-state index contributed by atoms with van der Waals surface area (Å²) in [7, 11) is 0. The second-order valence-corrected chi connectivity index (χ2v) is 9.12. The second kappa shape index (κ2) is 8.98. The van der Waals surface area contributed by atoms with Crippen LogP contribution >= 0.6 is 11.6 Å². The molecule has 0 radical (unpaired) electrons. The number of aromatic nitrogens is 3. The number of amides is 1. The fourth-order valence-corrected chi connectivity index (χ4v) is 4.81. The number of fused-ring (bicyclic) bond motifs is 3. The molecule has 0 bridgehead atoms. The van der Waals surface area contributed by atoms with Crippen molar-refractivity contribution >= 4 is 39.4 Å². The van der Waals surface area contributed by atoms with Crippen molar-refractivity contribution in [1.82, 2.24) is 19.4 Å². The van der Waals surface area contributed by atoms with Gasteiger partial charge in [-0.25, -0.2) is 9.37 Å². The van der Waals surface area contributed by atoms with Crippen molar-refractivity contribution in [3.8, 4) is 0 Å². The van der Waals surface area contributed by atoms with Gasteiger partial charge in [-0.05, 0) is 61.1 Å². The van der Waals surface area contributed by atoms with Gasteiger partial charge in [-0.3, -0.25) is 14.2 Å². The fraction of sp³-hybridized carbons (Fsp3) is 0.320. The highest BCUT2D eigenvalue weighted by atomic mass is 35.5. The Bertz CT molecular complexity index is 1370. The Morgan fingerprint density at radius 3 is 2.67 bits per heavy atom. The summed E-state index contributed by atoms with van der Waals surface area (Å²) in [6, 6.07) is 12.0. The number of benzene rings is 2. The summed E-state index contributed by atoms with van der Waals surface area (Å²) in [4.78, 5) is 35.1. The van der Waals surface area contributed by atoms with Gasteiger partial charge in [0.2, 0.25) is 5.91 Å². The van der Waals surface area contributed by atoms with Gasteiger partial charge in [0.15, 0.2) is 0 Å². The summed E-state index contributed by atoms with van der Waals surface area (Å²) < 4.78 is 14.6. The molecule has 1 N–H and O–H groups in total. The van der Waals surface area contributed by atoms with E-state index >= 15 is 0 Å². The molecule has 3 heterocycles. The van der Waals surface area contributed by atoms with Crippen LogP contribution in [0.25, 0.3) is 21.9 Å². The maximum atomic E-state index is 13.1. The van der Waals surface area contributed by atoms with Gasteiger partial charge in [-0.2, -0.15) is 0 Å². The maximum absolute atomic E-state index is 13.1. The lowest BCUT2D eigenvalue weighted by atomic mass is 9.90. The quantitative estimate of drug-likeness (QED) is 0.469. The van der Waals surface area contributed by atoms with Gasteiger partial charge in [0.1, 0.15) is 16.9 Å². The molecule has 33 heavy (non-hydrogen) atoms. The number of carbonyl (C=O) groups is 1. The fourth-order valence-electron chi connectivity index (χ4n) is 4.64. The number of aromatic amines is 1. The largest absolute Gasteiger partial charge is 0.349 e. The first kappa shape index (κ1) is 21.6. The van der Waals surface area contributed by atoms with Crippen LogP contribution in [0.5, 0.6) is 0 Å². The average Bonchev–Trinajstić information content (AvgIpc) is 3.19. The Labute approximate surface area is 195 Å². The number of hydrogen-bond acceptors (Lipinski definition) is 3. The van der Waals surface area contributed by atoms with Gasteiger partial charge in [0, 0.05) is 42.0 Å². The van der Waals surface area contributed by atoms with Crippen molar-refractivity contribution in [2.75, 3.05) is 13.1 Å². The van der Waals surface area contributed by atoms with Crippen molar-refractivity contribution in [2.45, 2.75) is 32.2 Å². The number of nitrogens with one attached hydrogen (secondary N) is 1. The van der Waals surface area contributed by atoms with Gasteiger partial charge in [0.25, 0.3) is 5.56 Å². The number of halogens is 2. The number of rotatable bonds is 5. The van der Waals surface area contributed by atoms with E-state index in [1.54, 1.807) is 12.1 Å². The number of aryl methyl sites for hydroxylation is 1. The van der Waals surface area contributed by atoms with E-state index in [9.17, 15) is 14.0 Å². The zero-order valence-corrected chi connectivity index (χ0v) is 18.8. The lowest BCUT2D eigenvalue weighted by molar-refractivity contribution is -0.132. The van der Waals surface area contributed by atoms with Gasteiger partial charge in [-0.15, -0.1) is 0 Å². The van der Waals surface area contributed by atoms with Crippen molar-refractivity contribution < 1.29 is 9.18 Å². The van der Waals surface area contributed by atoms with Gasteiger partial charge < -0.3 is 9.88 Å². The third-order valence-corrected chi connectivity index (χ3v) is 6.74. The first-order valence-electron chi connectivity index (χ1n) is 11.2. The highest BCUT2D eigenvalue weighted by Crippen LogP contribution is 2.25.